The van der Waals surface area contributed by atoms with Crippen LogP contribution in [0.3, 0.4) is 0 Å². The molecule has 3 fully saturated rings. The van der Waals surface area contributed by atoms with Crippen LogP contribution in [-0.4, -0.2) is 88.9 Å². The predicted octanol–water partition coefficient (Wildman–Crippen LogP) is 1.37. The first-order valence-electron chi connectivity index (χ1n) is 9.92. The van der Waals surface area contributed by atoms with E-state index in [0.717, 1.165) is 0 Å². The second kappa shape index (κ2) is 8.60. The van der Waals surface area contributed by atoms with Crippen LogP contribution in [0.1, 0.15) is 30.6 Å². The van der Waals surface area contributed by atoms with Gasteiger partial charge in [-0.15, -0.1) is 0 Å². The number of morpholine rings is 1. The summed E-state index contributed by atoms with van der Waals surface area (Å²) in [6.45, 7) is 5.59. The Balaban J connectivity index is 0.000000360. The van der Waals surface area contributed by atoms with Gasteiger partial charge in [-0.1, -0.05) is 13.8 Å². The van der Waals surface area contributed by atoms with Crippen molar-refractivity contribution < 1.29 is 41.0 Å². The molecule has 0 aliphatic carbocycles. The number of ether oxygens (including phenoxy) is 1. The molecule has 0 aromatic carbocycles. The van der Waals surface area contributed by atoms with Crippen LogP contribution in [0.4, 0.5) is 13.2 Å². The number of carboxylic acid groups (broad SMARTS) is 1. The first-order chi connectivity index (χ1) is 14.8. The van der Waals surface area contributed by atoms with Crippen molar-refractivity contribution in [1.29, 1.82) is 0 Å². The van der Waals surface area contributed by atoms with E-state index in [4.69, 9.17) is 14.6 Å². The molecule has 3 saturated heterocycles. The minimum absolute atomic E-state index is 0.110. The van der Waals surface area contributed by atoms with Crippen LogP contribution in [0.15, 0.2) is 24.5 Å². The van der Waals surface area contributed by atoms with E-state index in [-0.39, 0.29) is 17.9 Å². The molecule has 4 heterocycles. The average Bonchev–Trinajstić information content (AvgIpc) is 3.06. The third-order valence-corrected chi connectivity index (χ3v) is 7.86. The SMILES string of the molecule is CC(C)CN1C[C@@]23CN(C(=O)c4cccnc4)C[C@@H](C[C@@H]2S1(=O)=O)O3.O=C(O)C(F)(F)F. The summed E-state index contributed by atoms with van der Waals surface area (Å²) < 4.78 is 65.3. The fourth-order valence-corrected chi connectivity index (χ4v) is 6.82. The van der Waals surface area contributed by atoms with E-state index in [1.165, 1.54) is 0 Å². The Hall–Kier alpha value is -2.25. The lowest BCUT2D eigenvalue weighted by molar-refractivity contribution is -0.192. The van der Waals surface area contributed by atoms with Crippen LogP contribution < -0.4 is 0 Å². The largest absolute Gasteiger partial charge is 0.490 e. The van der Waals surface area contributed by atoms with Crippen molar-refractivity contribution in [2.24, 2.45) is 5.92 Å². The van der Waals surface area contributed by atoms with Gasteiger partial charge in [0.05, 0.1) is 18.2 Å². The molecule has 2 bridgehead atoms. The van der Waals surface area contributed by atoms with Crippen LogP contribution in [0.25, 0.3) is 0 Å². The molecule has 1 spiro atoms. The van der Waals surface area contributed by atoms with E-state index in [1.807, 2.05) is 13.8 Å². The number of hydrogen-bond acceptors (Lipinski definition) is 6. The van der Waals surface area contributed by atoms with Crippen molar-refractivity contribution in [3.63, 3.8) is 0 Å². The average molecular weight is 479 g/mol. The van der Waals surface area contributed by atoms with E-state index in [9.17, 15) is 26.4 Å². The van der Waals surface area contributed by atoms with Crippen molar-refractivity contribution in [3.8, 4) is 0 Å². The number of rotatable bonds is 3. The first-order valence-corrected chi connectivity index (χ1v) is 11.4. The van der Waals surface area contributed by atoms with Crippen LogP contribution >= 0.6 is 0 Å². The van der Waals surface area contributed by atoms with Gasteiger partial charge in [0.15, 0.2) is 0 Å². The highest BCUT2D eigenvalue weighted by Crippen LogP contribution is 2.46. The molecule has 4 rings (SSSR count). The molecule has 0 saturated carbocycles. The summed E-state index contributed by atoms with van der Waals surface area (Å²) in [5.74, 6) is -2.62. The number of pyridine rings is 1. The number of nitrogens with zero attached hydrogens (tertiary/aromatic N) is 3. The molecule has 32 heavy (non-hydrogen) atoms. The number of carbonyl (C=O) groups excluding carboxylic acids is 1. The first kappa shape index (κ1) is 24.4. The Labute approximate surface area is 183 Å². The molecule has 3 atom stereocenters. The Kier molecular flexibility index (Phi) is 6.55. The van der Waals surface area contributed by atoms with E-state index < -0.39 is 33.0 Å². The maximum atomic E-state index is 12.9. The maximum Gasteiger partial charge on any atom is 0.490 e. The monoisotopic (exact) mass is 479 g/mol. The highest BCUT2D eigenvalue weighted by Gasteiger charge is 2.65. The lowest BCUT2D eigenvalue weighted by Gasteiger charge is -2.39. The molecule has 178 valence electrons. The van der Waals surface area contributed by atoms with E-state index in [2.05, 4.69) is 4.98 Å². The number of hydrogen-bond donors (Lipinski definition) is 1. The Bertz CT molecular complexity index is 972. The number of halogens is 3. The normalized spacial score (nSPS) is 28.8. The maximum absolute atomic E-state index is 12.9. The molecule has 1 aromatic heterocycles. The van der Waals surface area contributed by atoms with Gasteiger partial charge in [0.2, 0.25) is 10.0 Å². The van der Waals surface area contributed by atoms with Crippen LogP contribution in [-0.2, 0) is 19.6 Å². The molecule has 1 N–H and O–H groups in total. The summed E-state index contributed by atoms with van der Waals surface area (Å²) in [6.07, 6.45) is -1.66. The standard InChI is InChI=1S/C17H23N3O4S.C2HF3O2/c1-12(2)8-20-11-17-10-19(16(21)13-4-3-5-18-7-13)9-14(24-17)6-15(17)25(20,22)23;3-2(4,5)1(6)7/h3-5,7,12,14-15H,6,8-11H2,1-2H3;(H,6,7)/t14-,15+,17+;/m1./s1. The molecule has 9 nitrogen and oxygen atoms in total. The Morgan fingerprint density at radius 2 is 2.00 bits per heavy atom. The minimum atomic E-state index is -5.08. The lowest BCUT2D eigenvalue weighted by Crippen LogP contribution is -2.56. The van der Waals surface area contributed by atoms with Crippen molar-refractivity contribution in [3.05, 3.63) is 30.1 Å². The Morgan fingerprint density at radius 3 is 2.53 bits per heavy atom. The molecule has 1 amide bonds. The van der Waals surface area contributed by atoms with Gasteiger partial charge in [0.25, 0.3) is 5.91 Å². The number of aliphatic carboxylic acids is 1. The molecular formula is C19H24F3N3O6S. The van der Waals surface area contributed by atoms with E-state index in [0.29, 0.717) is 38.2 Å². The summed E-state index contributed by atoms with van der Waals surface area (Å²) in [6, 6.07) is 3.46. The number of sulfonamides is 1. The second-order valence-electron chi connectivity index (χ2n) is 8.49. The highest BCUT2D eigenvalue weighted by atomic mass is 32.2. The fraction of sp³-hybridized carbons (Fsp3) is 0.632. The van der Waals surface area contributed by atoms with Crippen molar-refractivity contribution in [1.82, 2.24) is 14.2 Å². The molecule has 3 aliphatic rings. The second-order valence-corrected chi connectivity index (χ2v) is 10.6. The van der Waals surface area contributed by atoms with Gasteiger partial charge in [-0.3, -0.25) is 9.78 Å². The summed E-state index contributed by atoms with van der Waals surface area (Å²) >= 11 is 0. The van der Waals surface area contributed by atoms with Gasteiger partial charge in [-0.05, 0) is 24.5 Å². The lowest BCUT2D eigenvalue weighted by atomic mass is 9.99. The molecule has 1 aromatic rings. The van der Waals surface area contributed by atoms with Crippen molar-refractivity contribution in [2.75, 3.05) is 26.2 Å². The summed E-state index contributed by atoms with van der Waals surface area (Å²) in [4.78, 5) is 27.4. The number of fused-ring (bicyclic) bond motifs is 1. The van der Waals surface area contributed by atoms with Gasteiger partial charge in [-0.25, -0.2) is 13.2 Å². The number of alkyl halides is 3. The minimum Gasteiger partial charge on any atom is -0.475 e. The van der Waals surface area contributed by atoms with E-state index >= 15 is 0 Å². The van der Waals surface area contributed by atoms with Crippen molar-refractivity contribution >= 4 is 21.9 Å². The summed E-state index contributed by atoms with van der Waals surface area (Å²) in [5, 5.41) is 6.58. The van der Waals surface area contributed by atoms with Gasteiger partial charge >= 0.3 is 12.1 Å². The van der Waals surface area contributed by atoms with Gasteiger partial charge < -0.3 is 14.7 Å². The summed E-state index contributed by atoms with van der Waals surface area (Å²) in [7, 11) is -3.38. The predicted molar refractivity (Wildman–Crippen MR) is 105 cm³/mol. The zero-order valence-electron chi connectivity index (χ0n) is 17.4. The van der Waals surface area contributed by atoms with Crippen LogP contribution in [0.5, 0.6) is 0 Å². The number of carboxylic acids is 1. The zero-order valence-corrected chi connectivity index (χ0v) is 18.3. The van der Waals surface area contributed by atoms with Gasteiger partial charge in [0.1, 0.15) is 10.9 Å². The number of aromatic nitrogens is 1. The molecule has 3 aliphatic heterocycles. The number of carbonyl (C=O) groups is 2. The zero-order chi connectivity index (χ0) is 23.9. The molecule has 0 radical (unpaired) electrons. The molecular weight excluding hydrogens is 455 g/mol. The molecule has 13 heteroatoms. The fourth-order valence-electron chi connectivity index (χ4n) is 4.35. The smallest absolute Gasteiger partial charge is 0.475 e. The molecule has 0 unspecified atom stereocenters. The van der Waals surface area contributed by atoms with Crippen LogP contribution in [0, 0.1) is 5.92 Å². The quantitative estimate of drug-likeness (QED) is 0.696. The van der Waals surface area contributed by atoms with Gasteiger partial charge in [0, 0.05) is 32.0 Å². The Morgan fingerprint density at radius 1 is 1.34 bits per heavy atom. The summed E-state index contributed by atoms with van der Waals surface area (Å²) in [5.41, 5.74) is -0.272. The topological polar surface area (TPSA) is 117 Å². The number of amides is 1. The third-order valence-electron chi connectivity index (χ3n) is 5.52. The third kappa shape index (κ3) is 4.74. The van der Waals surface area contributed by atoms with Crippen LogP contribution in [0.2, 0.25) is 0 Å². The van der Waals surface area contributed by atoms with Crippen molar-refractivity contribution in [2.45, 2.75) is 43.4 Å². The van der Waals surface area contributed by atoms with Gasteiger partial charge in [-0.2, -0.15) is 17.5 Å². The van der Waals surface area contributed by atoms with E-state index in [1.54, 1.807) is 33.7 Å². The number of likely N-dealkylation sites (tertiary alicyclic amines) is 1. The highest BCUT2D eigenvalue weighted by molar-refractivity contribution is 7.90.